The number of aryl methyl sites for hydroxylation is 1. The number of benzene rings is 2. The second-order valence-corrected chi connectivity index (χ2v) is 9.81. The summed E-state index contributed by atoms with van der Waals surface area (Å²) in [6, 6.07) is 14.5. The Bertz CT molecular complexity index is 948. The third-order valence-electron chi connectivity index (χ3n) is 5.64. The van der Waals surface area contributed by atoms with Crippen LogP contribution in [0.5, 0.6) is 5.75 Å². The first-order valence-corrected chi connectivity index (χ1v) is 12.5. The fourth-order valence-corrected chi connectivity index (χ4v) is 5.23. The Balaban J connectivity index is 1.54. The van der Waals surface area contributed by atoms with E-state index in [2.05, 4.69) is 24.4 Å². The van der Waals surface area contributed by atoms with Gasteiger partial charge in [0, 0.05) is 24.7 Å². The quantitative estimate of drug-likeness (QED) is 0.619. The molecule has 0 unspecified atom stereocenters. The molecule has 6 nitrogen and oxygen atoms in total. The Hall–Kier alpha value is -2.38. The number of carbonyl (C=O) groups is 1. The van der Waals surface area contributed by atoms with E-state index in [0.717, 1.165) is 24.9 Å². The first kappa shape index (κ1) is 23.3. The average Bonchev–Trinajstić information content (AvgIpc) is 2.79. The summed E-state index contributed by atoms with van der Waals surface area (Å²) in [7, 11) is -3.57. The molecule has 2 aromatic rings. The fraction of sp³-hybridized carbons (Fsp3) is 0.458. The molecule has 0 aromatic heterocycles. The van der Waals surface area contributed by atoms with Crippen molar-refractivity contribution in [2.45, 2.75) is 50.8 Å². The van der Waals surface area contributed by atoms with E-state index in [1.807, 2.05) is 19.1 Å². The van der Waals surface area contributed by atoms with Crippen LogP contribution in [-0.4, -0.2) is 38.3 Å². The van der Waals surface area contributed by atoms with Crippen LogP contribution in [0.25, 0.3) is 0 Å². The Morgan fingerprint density at radius 1 is 1.03 bits per heavy atom. The summed E-state index contributed by atoms with van der Waals surface area (Å²) in [5, 5.41) is 2.98. The number of amides is 1. The van der Waals surface area contributed by atoms with E-state index in [1.54, 1.807) is 24.3 Å². The molecule has 0 bridgehead atoms. The lowest BCUT2D eigenvalue weighted by atomic mass is 9.97. The molecule has 31 heavy (non-hydrogen) atoms. The van der Waals surface area contributed by atoms with Crippen molar-refractivity contribution in [1.29, 1.82) is 0 Å². The van der Waals surface area contributed by atoms with Gasteiger partial charge in [-0.25, -0.2) is 8.42 Å². The molecule has 2 aromatic carbocycles. The monoisotopic (exact) mass is 444 g/mol. The van der Waals surface area contributed by atoms with Crippen LogP contribution in [0.3, 0.4) is 0 Å². The predicted molar refractivity (Wildman–Crippen MR) is 123 cm³/mol. The molecule has 3 rings (SSSR count). The second-order valence-electron chi connectivity index (χ2n) is 7.87. The molecule has 0 radical (unpaired) electrons. The van der Waals surface area contributed by atoms with Gasteiger partial charge in [0.1, 0.15) is 5.75 Å². The highest BCUT2D eigenvalue weighted by Gasteiger charge is 2.32. The molecule has 1 heterocycles. The minimum atomic E-state index is -3.57. The third-order valence-corrected chi connectivity index (χ3v) is 7.55. The molecular weight excluding hydrogens is 412 g/mol. The number of ether oxygens (including phenoxy) is 1. The van der Waals surface area contributed by atoms with E-state index < -0.39 is 10.0 Å². The summed E-state index contributed by atoms with van der Waals surface area (Å²) in [4.78, 5) is 12.9. The predicted octanol–water partition coefficient (Wildman–Crippen LogP) is 4.47. The maximum Gasteiger partial charge on any atom is 0.243 e. The van der Waals surface area contributed by atoms with Gasteiger partial charge in [-0.15, -0.1) is 0 Å². The fourth-order valence-electron chi connectivity index (χ4n) is 3.76. The van der Waals surface area contributed by atoms with E-state index in [0.29, 0.717) is 38.3 Å². The highest BCUT2D eigenvalue weighted by atomic mass is 32.2. The summed E-state index contributed by atoms with van der Waals surface area (Å²) in [5.74, 6) is 0.418. The number of piperidine rings is 1. The molecular formula is C24H32N2O4S. The van der Waals surface area contributed by atoms with Crippen molar-refractivity contribution in [2.75, 3.05) is 25.0 Å². The zero-order valence-electron chi connectivity index (χ0n) is 18.3. The number of hydrogen-bond acceptors (Lipinski definition) is 4. The van der Waals surface area contributed by atoms with Crippen molar-refractivity contribution in [3.05, 3.63) is 54.1 Å². The van der Waals surface area contributed by atoms with Crippen LogP contribution >= 0.6 is 0 Å². The Kier molecular flexibility index (Phi) is 8.09. The Labute approximate surface area is 185 Å². The molecule has 0 atom stereocenters. The summed E-state index contributed by atoms with van der Waals surface area (Å²) < 4.78 is 32.7. The van der Waals surface area contributed by atoms with Crippen LogP contribution in [0.2, 0.25) is 0 Å². The van der Waals surface area contributed by atoms with Crippen molar-refractivity contribution in [3.63, 3.8) is 0 Å². The number of carbonyl (C=O) groups excluding carboxylic acids is 1. The zero-order chi connectivity index (χ0) is 22.3. The minimum absolute atomic E-state index is 0.0422. The Morgan fingerprint density at radius 2 is 1.68 bits per heavy atom. The van der Waals surface area contributed by atoms with Crippen molar-refractivity contribution in [2.24, 2.45) is 5.92 Å². The SMILES string of the molecule is CCCCc1ccc(NC(=O)C2CCN(S(=O)(=O)c3ccc(OCC)cc3)CC2)cc1. The minimum Gasteiger partial charge on any atom is -0.494 e. The van der Waals surface area contributed by atoms with Crippen molar-refractivity contribution >= 4 is 21.6 Å². The molecule has 1 aliphatic heterocycles. The largest absolute Gasteiger partial charge is 0.494 e. The lowest BCUT2D eigenvalue weighted by molar-refractivity contribution is -0.120. The van der Waals surface area contributed by atoms with E-state index in [-0.39, 0.29) is 16.7 Å². The zero-order valence-corrected chi connectivity index (χ0v) is 19.2. The van der Waals surface area contributed by atoms with E-state index in [1.165, 1.54) is 9.87 Å². The van der Waals surface area contributed by atoms with Gasteiger partial charge in [-0.2, -0.15) is 4.31 Å². The van der Waals surface area contributed by atoms with Gasteiger partial charge < -0.3 is 10.1 Å². The van der Waals surface area contributed by atoms with Crippen LogP contribution in [0.1, 0.15) is 45.1 Å². The first-order chi connectivity index (χ1) is 14.9. The summed E-state index contributed by atoms with van der Waals surface area (Å²) >= 11 is 0. The van der Waals surface area contributed by atoms with Crippen molar-refractivity contribution < 1.29 is 17.9 Å². The van der Waals surface area contributed by atoms with Crippen LogP contribution in [0.15, 0.2) is 53.4 Å². The lowest BCUT2D eigenvalue weighted by Crippen LogP contribution is -2.41. The maximum absolute atomic E-state index is 12.9. The van der Waals surface area contributed by atoms with Gasteiger partial charge in [-0.1, -0.05) is 25.5 Å². The molecule has 0 spiro atoms. The lowest BCUT2D eigenvalue weighted by Gasteiger charge is -2.30. The molecule has 1 fully saturated rings. The van der Waals surface area contributed by atoms with E-state index >= 15 is 0 Å². The van der Waals surface area contributed by atoms with Crippen LogP contribution < -0.4 is 10.1 Å². The molecule has 1 amide bonds. The number of unbranched alkanes of at least 4 members (excludes halogenated alkanes) is 1. The summed E-state index contributed by atoms with van der Waals surface area (Å²) in [5.41, 5.74) is 2.06. The smallest absolute Gasteiger partial charge is 0.243 e. The van der Waals surface area contributed by atoms with Gasteiger partial charge in [0.05, 0.1) is 11.5 Å². The molecule has 1 saturated heterocycles. The standard InChI is InChI=1S/C24H32N2O4S/c1-3-5-6-19-7-9-21(10-8-19)25-24(27)20-15-17-26(18-16-20)31(28,29)23-13-11-22(12-14-23)30-4-2/h7-14,20H,3-6,15-18H2,1-2H3,(H,25,27). The third kappa shape index (κ3) is 6.08. The molecule has 0 saturated carbocycles. The molecule has 1 aliphatic rings. The second kappa shape index (κ2) is 10.8. The highest BCUT2D eigenvalue weighted by molar-refractivity contribution is 7.89. The molecule has 0 aliphatic carbocycles. The number of nitrogens with one attached hydrogen (secondary N) is 1. The van der Waals surface area contributed by atoms with Gasteiger partial charge in [0.2, 0.25) is 15.9 Å². The maximum atomic E-state index is 12.9. The number of anilines is 1. The van der Waals surface area contributed by atoms with Gasteiger partial charge in [-0.3, -0.25) is 4.79 Å². The Morgan fingerprint density at radius 3 is 2.26 bits per heavy atom. The van der Waals surface area contributed by atoms with Gasteiger partial charge >= 0.3 is 0 Å². The highest BCUT2D eigenvalue weighted by Crippen LogP contribution is 2.26. The summed E-state index contributed by atoms with van der Waals surface area (Å²) in [6.45, 7) is 5.26. The molecule has 1 N–H and O–H groups in total. The summed E-state index contributed by atoms with van der Waals surface area (Å²) in [6.07, 6.45) is 4.38. The van der Waals surface area contributed by atoms with E-state index in [9.17, 15) is 13.2 Å². The number of nitrogens with zero attached hydrogens (tertiary/aromatic N) is 1. The van der Waals surface area contributed by atoms with Crippen molar-refractivity contribution in [3.8, 4) is 5.75 Å². The van der Waals surface area contributed by atoms with Crippen LogP contribution in [-0.2, 0) is 21.2 Å². The van der Waals surface area contributed by atoms with Gasteiger partial charge in [-0.05, 0) is 74.6 Å². The number of rotatable bonds is 9. The van der Waals surface area contributed by atoms with Crippen LogP contribution in [0.4, 0.5) is 5.69 Å². The molecule has 168 valence electrons. The number of hydrogen-bond donors (Lipinski definition) is 1. The normalized spacial score (nSPS) is 15.5. The first-order valence-electron chi connectivity index (χ1n) is 11.1. The molecule has 7 heteroatoms. The van der Waals surface area contributed by atoms with Crippen LogP contribution in [0, 0.1) is 5.92 Å². The number of sulfonamides is 1. The van der Waals surface area contributed by atoms with Gasteiger partial charge in [0.25, 0.3) is 0 Å². The van der Waals surface area contributed by atoms with Crippen molar-refractivity contribution in [1.82, 2.24) is 4.31 Å². The average molecular weight is 445 g/mol. The van der Waals surface area contributed by atoms with Gasteiger partial charge in [0.15, 0.2) is 0 Å². The topological polar surface area (TPSA) is 75.7 Å². The van der Waals surface area contributed by atoms with E-state index in [4.69, 9.17) is 4.74 Å².